The minimum atomic E-state index is 0. The van der Waals surface area contributed by atoms with Crippen LogP contribution < -0.4 is 28.7 Å². The molecule has 0 heterocycles. The molecule has 0 unspecified atom stereocenters. The highest BCUT2D eigenvalue weighted by Gasteiger charge is 2.07. The van der Waals surface area contributed by atoms with Gasteiger partial charge in [-0.05, 0) is 12.1 Å². The minimum absolute atomic E-state index is 0. The Kier molecular flexibility index (Phi) is 5.74. The van der Waals surface area contributed by atoms with E-state index in [0.717, 1.165) is 0 Å². The molecule has 0 aromatic heterocycles. The third-order valence-corrected chi connectivity index (χ3v) is 1.79. The second-order valence-corrected chi connectivity index (χ2v) is 4.08. The summed E-state index contributed by atoms with van der Waals surface area (Å²) in [6, 6.07) is 5.31. The van der Waals surface area contributed by atoms with Crippen molar-refractivity contribution in [3.63, 3.8) is 0 Å². The number of ether oxygens (including phenoxy) is 1. The second-order valence-electron chi connectivity index (χ2n) is 4.08. The van der Waals surface area contributed by atoms with E-state index in [1.165, 1.54) is 7.11 Å². The van der Waals surface area contributed by atoms with Crippen LogP contribution in [0.15, 0.2) is 23.3 Å². The topological polar surface area (TPSA) is 41.8 Å². The van der Waals surface area contributed by atoms with Crippen molar-refractivity contribution in [1.82, 2.24) is 0 Å². The number of phenols is 1. The van der Waals surface area contributed by atoms with Gasteiger partial charge < -0.3 is 33.8 Å². The lowest BCUT2D eigenvalue weighted by molar-refractivity contribution is -0.876. The highest BCUT2D eigenvalue weighted by atomic mass is 127. The molecule has 1 rings (SSSR count). The van der Waals surface area contributed by atoms with Crippen molar-refractivity contribution in [2.45, 2.75) is 0 Å². The molecule has 1 aromatic rings. The lowest BCUT2D eigenvalue weighted by atomic mass is 10.2. The first-order chi connectivity index (χ1) is 6.94. The smallest absolute Gasteiger partial charge is 0.166 e. The first-order valence-corrected chi connectivity index (χ1v) is 4.67. The zero-order valence-corrected chi connectivity index (χ0v) is 12.1. The highest BCUT2D eigenvalue weighted by Crippen LogP contribution is 2.28. The average Bonchev–Trinajstić information content (AvgIpc) is 2.15. The zero-order chi connectivity index (χ0) is 11.5. The molecule has 5 heteroatoms. The van der Waals surface area contributed by atoms with Crippen molar-refractivity contribution < 1.29 is 38.4 Å². The van der Waals surface area contributed by atoms with Gasteiger partial charge in [0.25, 0.3) is 0 Å². The molecule has 4 nitrogen and oxygen atoms in total. The van der Waals surface area contributed by atoms with Gasteiger partial charge >= 0.3 is 0 Å². The van der Waals surface area contributed by atoms with Gasteiger partial charge in [0.2, 0.25) is 0 Å². The molecule has 0 aliphatic rings. The van der Waals surface area contributed by atoms with Crippen LogP contribution in [0.1, 0.15) is 5.56 Å². The van der Waals surface area contributed by atoms with Gasteiger partial charge in [-0.15, -0.1) is 0 Å². The maximum atomic E-state index is 9.76. The van der Waals surface area contributed by atoms with Crippen molar-refractivity contribution in [3.05, 3.63) is 23.8 Å². The molecule has 0 radical (unpaired) electrons. The SMILES string of the molecule is COc1cccc(C=N[N+](C)(C)C)c1O.[I-]. The summed E-state index contributed by atoms with van der Waals surface area (Å²) in [7, 11) is 7.34. The van der Waals surface area contributed by atoms with E-state index in [0.29, 0.717) is 15.9 Å². The Morgan fingerprint density at radius 2 is 1.94 bits per heavy atom. The molecule has 1 N–H and O–H groups in total. The number of hydrogen-bond donors (Lipinski definition) is 1. The van der Waals surface area contributed by atoms with Gasteiger partial charge in [-0.2, -0.15) is 0 Å². The largest absolute Gasteiger partial charge is 1.00 e. The Labute approximate surface area is 113 Å². The highest BCUT2D eigenvalue weighted by molar-refractivity contribution is 5.84. The summed E-state index contributed by atoms with van der Waals surface area (Å²) in [5, 5.41) is 14.0. The Morgan fingerprint density at radius 3 is 2.44 bits per heavy atom. The molecule has 0 atom stereocenters. The van der Waals surface area contributed by atoms with E-state index in [2.05, 4.69) is 5.10 Å². The summed E-state index contributed by atoms with van der Waals surface area (Å²) < 4.78 is 5.46. The summed E-state index contributed by atoms with van der Waals surface area (Å²) in [5.74, 6) is 0.581. The predicted octanol–water partition coefficient (Wildman–Crippen LogP) is -1.56. The fraction of sp³-hybridized carbons (Fsp3) is 0.364. The number of halogens is 1. The van der Waals surface area contributed by atoms with Crippen LogP contribution in [0.25, 0.3) is 0 Å². The number of quaternary nitrogens is 1. The molecule has 0 bridgehead atoms. The van der Waals surface area contributed by atoms with Gasteiger partial charge in [-0.3, -0.25) is 0 Å². The Hall–Kier alpha value is -0.820. The standard InChI is InChI=1S/C11H16N2O2.HI/c1-13(2,3)12-8-9-6-5-7-10(15-4)11(9)14;/h5-8H,1-4H3;1H. The average molecular weight is 336 g/mol. The van der Waals surface area contributed by atoms with Crippen molar-refractivity contribution in [3.8, 4) is 11.5 Å². The van der Waals surface area contributed by atoms with E-state index < -0.39 is 0 Å². The number of aromatic hydroxyl groups is 1. The zero-order valence-electron chi connectivity index (χ0n) is 9.94. The minimum Gasteiger partial charge on any atom is -1.00 e. The fourth-order valence-corrected chi connectivity index (χ4v) is 1.04. The number of hydrogen-bond acceptors (Lipinski definition) is 3. The van der Waals surface area contributed by atoms with Gasteiger partial charge in [0.15, 0.2) is 11.5 Å². The number of para-hydroxylation sites is 1. The van der Waals surface area contributed by atoms with Crippen LogP contribution in [0.2, 0.25) is 0 Å². The maximum Gasteiger partial charge on any atom is 0.166 e. The van der Waals surface area contributed by atoms with Crippen molar-refractivity contribution >= 4 is 6.21 Å². The van der Waals surface area contributed by atoms with Gasteiger partial charge in [-0.25, -0.2) is 4.59 Å². The van der Waals surface area contributed by atoms with Crippen LogP contribution in [0.3, 0.4) is 0 Å². The van der Waals surface area contributed by atoms with Crippen LogP contribution in [0, 0.1) is 0 Å². The quantitative estimate of drug-likeness (QED) is 0.314. The molecule has 0 aliphatic carbocycles. The molecule has 0 saturated heterocycles. The Morgan fingerprint density at radius 1 is 1.31 bits per heavy atom. The monoisotopic (exact) mass is 336 g/mol. The summed E-state index contributed by atoms with van der Waals surface area (Å²) in [6.07, 6.45) is 1.64. The molecule has 90 valence electrons. The lowest BCUT2D eigenvalue weighted by Gasteiger charge is -2.14. The Balaban J connectivity index is 0.00000225. The fourth-order valence-electron chi connectivity index (χ4n) is 1.04. The van der Waals surface area contributed by atoms with E-state index in [9.17, 15) is 5.11 Å². The van der Waals surface area contributed by atoms with E-state index >= 15 is 0 Å². The second kappa shape index (κ2) is 6.05. The number of methoxy groups -OCH3 is 1. The first kappa shape index (κ1) is 15.2. The van der Waals surface area contributed by atoms with Crippen LogP contribution >= 0.6 is 0 Å². The number of rotatable bonds is 3. The van der Waals surface area contributed by atoms with Crippen LogP contribution in [0.4, 0.5) is 0 Å². The summed E-state index contributed by atoms with van der Waals surface area (Å²) in [6.45, 7) is 0. The molecule has 0 spiro atoms. The normalized spacial score (nSPS) is 11.2. The van der Waals surface area contributed by atoms with Crippen LogP contribution in [-0.2, 0) is 0 Å². The third kappa shape index (κ3) is 4.36. The summed E-state index contributed by atoms with van der Waals surface area (Å²) in [4.78, 5) is 0. The molecular weight excluding hydrogens is 319 g/mol. The molecule has 16 heavy (non-hydrogen) atoms. The van der Waals surface area contributed by atoms with Crippen LogP contribution in [-0.4, -0.2) is 44.2 Å². The first-order valence-electron chi connectivity index (χ1n) is 4.67. The lowest BCUT2D eigenvalue weighted by Crippen LogP contribution is -3.00. The van der Waals surface area contributed by atoms with E-state index in [4.69, 9.17) is 4.74 Å². The molecule has 1 aromatic carbocycles. The summed E-state index contributed by atoms with van der Waals surface area (Å²) >= 11 is 0. The summed E-state index contributed by atoms with van der Waals surface area (Å²) in [5.41, 5.74) is 0.655. The van der Waals surface area contributed by atoms with Gasteiger partial charge in [0.05, 0.1) is 34.5 Å². The van der Waals surface area contributed by atoms with Gasteiger partial charge in [0.1, 0.15) is 0 Å². The van der Waals surface area contributed by atoms with Crippen molar-refractivity contribution in [1.29, 1.82) is 0 Å². The molecule has 0 fully saturated rings. The van der Waals surface area contributed by atoms with E-state index in [1.54, 1.807) is 18.3 Å². The van der Waals surface area contributed by atoms with Gasteiger partial charge in [0, 0.05) is 5.56 Å². The molecule has 0 saturated carbocycles. The number of nitrogens with zero attached hydrogens (tertiary/aromatic N) is 2. The van der Waals surface area contributed by atoms with E-state index in [-0.39, 0.29) is 29.7 Å². The molecular formula is C11H17IN2O2. The number of phenolic OH excluding ortho intramolecular Hbond substituents is 1. The van der Waals surface area contributed by atoms with Crippen molar-refractivity contribution in [2.24, 2.45) is 5.10 Å². The number of benzene rings is 1. The molecule has 0 aliphatic heterocycles. The predicted molar refractivity (Wildman–Crippen MR) is 60.3 cm³/mol. The molecule has 0 amide bonds. The van der Waals surface area contributed by atoms with Gasteiger partial charge in [-0.1, -0.05) is 11.2 Å². The Bertz CT molecular complexity index is 373. The van der Waals surface area contributed by atoms with Crippen LogP contribution in [0.5, 0.6) is 11.5 Å². The van der Waals surface area contributed by atoms with E-state index in [1.807, 2.05) is 27.2 Å². The third-order valence-electron chi connectivity index (χ3n) is 1.79. The maximum absolute atomic E-state index is 9.76. The van der Waals surface area contributed by atoms with Crippen molar-refractivity contribution in [2.75, 3.05) is 28.3 Å².